The van der Waals surface area contributed by atoms with Gasteiger partial charge in [-0.2, -0.15) is 0 Å². The Morgan fingerprint density at radius 3 is 2.51 bits per heavy atom. The highest BCUT2D eigenvalue weighted by Gasteiger charge is 2.20. The molecule has 13 heteroatoms. The van der Waals surface area contributed by atoms with E-state index in [1.165, 1.54) is 17.7 Å². The maximum absolute atomic E-state index is 12.9. The topological polar surface area (TPSA) is 79.2 Å². The number of anilines is 1. The molecule has 1 aliphatic heterocycles. The molecule has 1 aliphatic rings. The number of hydrogen-bond donors (Lipinski definition) is 1. The number of benzene rings is 1. The number of halogens is 5. The predicted molar refractivity (Wildman–Crippen MR) is 164 cm³/mol. The van der Waals surface area contributed by atoms with Crippen LogP contribution in [0.2, 0.25) is 10.0 Å². The number of carbonyl (C=O) groups is 2. The Bertz CT molecular complexity index is 1300. The number of hydrogen-bond acceptors (Lipinski definition) is 5. The first-order chi connectivity index (χ1) is 17.8. The van der Waals surface area contributed by atoms with Gasteiger partial charge < -0.3 is 15.0 Å². The van der Waals surface area contributed by atoms with Crippen molar-refractivity contribution in [3.8, 4) is 5.75 Å². The van der Waals surface area contributed by atoms with Crippen LogP contribution in [-0.2, 0) is 16.2 Å². The van der Waals surface area contributed by atoms with Gasteiger partial charge in [-0.1, -0.05) is 36.0 Å². The van der Waals surface area contributed by atoms with Crippen LogP contribution in [0.3, 0.4) is 0 Å². The third kappa shape index (κ3) is 8.15. The Kier molecular flexibility index (Phi) is 13.1. The highest BCUT2D eigenvalue weighted by Crippen LogP contribution is 2.35. The zero-order valence-electron chi connectivity index (χ0n) is 21.7. The van der Waals surface area contributed by atoms with Crippen LogP contribution in [0.1, 0.15) is 36.9 Å². The first kappa shape index (κ1) is 33.5. The highest BCUT2D eigenvalue weighted by atomic mass is 79.9. The van der Waals surface area contributed by atoms with Gasteiger partial charge in [-0.15, -0.1) is 24.8 Å². The Balaban J connectivity index is 0.00000267. The molecule has 3 aromatic rings. The van der Waals surface area contributed by atoms with E-state index in [1.54, 1.807) is 19.2 Å². The smallest absolute Gasteiger partial charge is 0.246 e. The van der Waals surface area contributed by atoms with Gasteiger partial charge in [-0.25, -0.2) is 4.98 Å². The molecule has 39 heavy (non-hydrogen) atoms. The Hall–Kier alpha value is -1.75. The van der Waals surface area contributed by atoms with E-state index in [4.69, 9.17) is 27.9 Å². The molecule has 2 aromatic heterocycles. The summed E-state index contributed by atoms with van der Waals surface area (Å²) in [5.41, 5.74) is 2.54. The van der Waals surface area contributed by atoms with Crippen molar-refractivity contribution in [3.05, 3.63) is 56.4 Å². The van der Waals surface area contributed by atoms with Gasteiger partial charge in [0.1, 0.15) is 11.2 Å². The number of nitrogens with zero attached hydrogens (tertiary/aromatic N) is 4. The van der Waals surface area contributed by atoms with Gasteiger partial charge in [0.2, 0.25) is 11.8 Å². The number of pyridine rings is 1. The molecule has 1 saturated heterocycles. The largest absolute Gasteiger partial charge is 0.485 e. The summed E-state index contributed by atoms with van der Waals surface area (Å²) in [5.74, 6) is 0.128. The number of aryl methyl sites for hydroxylation is 1. The van der Waals surface area contributed by atoms with E-state index in [0.29, 0.717) is 39.2 Å². The normalized spacial score (nSPS) is 13.7. The quantitative estimate of drug-likeness (QED) is 0.311. The molecular weight excluding hydrogens is 652 g/mol. The minimum Gasteiger partial charge on any atom is -0.485 e. The molecule has 1 fully saturated rings. The van der Waals surface area contributed by atoms with Crippen LogP contribution in [-0.4, -0.2) is 59.3 Å². The van der Waals surface area contributed by atoms with E-state index >= 15 is 0 Å². The molecule has 4 rings (SSSR count). The first-order valence-corrected chi connectivity index (χ1v) is 13.8. The molecule has 3 heterocycles. The summed E-state index contributed by atoms with van der Waals surface area (Å²) >= 11 is 16.7. The van der Waals surface area contributed by atoms with Crippen LogP contribution in [0.15, 0.2) is 35.1 Å². The zero-order chi connectivity index (χ0) is 26.5. The molecule has 0 atom stereocenters. The number of carbonyl (C=O) groups excluding carboxylic acids is 2. The number of ether oxygens (including phenoxy) is 1. The molecule has 0 radical (unpaired) electrons. The number of nitrogens with one attached hydrogen (secondary N) is 1. The Labute approximate surface area is 259 Å². The van der Waals surface area contributed by atoms with E-state index in [-0.39, 0.29) is 49.8 Å². The van der Waals surface area contributed by atoms with Crippen molar-refractivity contribution < 1.29 is 14.3 Å². The van der Waals surface area contributed by atoms with Crippen molar-refractivity contribution in [1.29, 1.82) is 0 Å². The van der Waals surface area contributed by atoms with Crippen molar-refractivity contribution in [3.63, 3.8) is 0 Å². The molecule has 0 unspecified atom stereocenters. The fraction of sp³-hybridized carbons (Fsp3) is 0.423. The third-order valence-corrected chi connectivity index (χ3v) is 8.22. The van der Waals surface area contributed by atoms with E-state index in [0.717, 1.165) is 36.2 Å². The lowest BCUT2D eigenvalue weighted by molar-refractivity contribution is -0.125. The summed E-state index contributed by atoms with van der Waals surface area (Å²) in [7, 11) is 1.62. The van der Waals surface area contributed by atoms with Crippen molar-refractivity contribution in [2.24, 2.45) is 0 Å². The zero-order valence-corrected chi connectivity index (χ0v) is 26.4. The first-order valence-electron chi connectivity index (χ1n) is 12.2. The van der Waals surface area contributed by atoms with E-state index in [2.05, 4.69) is 31.1 Å². The molecule has 0 saturated carbocycles. The van der Waals surface area contributed by atoms with E-state index in [1.807, 2.05) is 29.7 Å². The van der Waals surface area contributed by atoms with E-state index in [9.17, 15) is 9.59 Å². The second kappa shape index (κ2) is 15.3. The van der Waals surface area contributed by atoms with Crippen LogP contribution in [0, 0.1) is 6.92 Å². The Morgan fingerprint density at radius 2 is 1.82 bits per heavy atom. The molecule has 1 aromatic carbocycles. The maximum Gasteiger partial charge on any atom is 0.246 e. The monoisotopic (exact) mass is 681 g/mol. The summed E-state index contributed by atoms with van der Waals surface area (Å²) in [6.07, 6.45) is 6.49. The van der Waals surface area contributed by atoms with Crippen molar-refractivity contribution in [1.82, 2.24) is 19.6 Å². The van der Waals surface area contributed by atoms with Gasteiger partial charge in [-0.3, -0.25) is 18.9 Å². The molecule has 0 aliphatic carbocycles. The standard InChI is InChI=1S/C26H30BrCl2N5O3.2ClH/c1-17-25(27)34-13-7-8-21(26(34)31-17)37-16-18-19(28)9-10-20(24(18)29)32(2)23(36)14-30-22(35)15-33-11-5-3-4-6-12-33;;/h7-10,13H,3-6,11-12,14-16H2,1-2H3,(H,30,35);2*1H. The number of aromatic nitrogens is 2. The van der Waals surface area contributed by atoms with Crippen molar-refractivity contribution >= 4 is 87.1 Å². The van der Waals surface area contributed by atoms with Gasteiger partial charge in [0, 0.05) is 23.8 Å². The van der Waals surface area contributed by atoms with E-state index < -0.39 is 0 Å². The third-order valence-electron chi connectivity index (χ3n) is 6.49. The van der Waals surface area contributed by atoms with Crippen LogP contribution >= 0.6 is 63.9 Å². The average molecular weight is 684 g/mol. The lowest BCUT2D eigenvalue weighted by Crippen LogP contribution is -2.43. The number of likely N-dealkylation sites (tertiary alicyclic amines) is 1. The summed E-state index contributed by atoms with van der Waals surface area (Å²) in [6, 6.07) is 7.05. The number of rotatable bonds is 8. The van der Waals surface area contributed by atoms with Crippen molar-refractivity contribution in [2.45, 2.75) is 39.2 Å². The molecule has 2 amide bonds. The molecule has 8 nitrogen and oxygen atoms in total. The SMILES string of the molecule is Cc1nc2c(OCc3c(Cl)ccc(N(C)C(=O)CNC(=O)CN4CCCCCC4)c3Cl)cccn2c1Br.Cl.Cl. The second-order valence-corrected chi connectivity index (χ2v) is 10.7. The molecular formula is C26H32BrCl4N5O3. The fourth-order valence-corrected chi connectivity index (χ4v) is 5.33. The average Bonchev–Trinajstić information content (AvgIpc) is 3.03. The summed E-state index contributed by atoms with van der Waals surface area (Å²) in [6.45, 7) is 4.01. The molecule has 214 valence electrons. The summed E-state index contributed by atoms with van der Waals surface area (Å²) in [4.78, 5) is 33.4. The number of imidazole rings is 1. The highest BCUT2D eigenvalue weighted by molar-refractivity contribution is 9.10. The lowest BCUT2D eigenvalue weighted by atomic mass is 10.2. The van der Waals surface area contributed by atoms with Gasteiger partial charge in [0.15, 0.2) is 11.4 Å². The Morgan fingerprint density at radius 1 is 1.13 bits per heavy atom. The fourth-order valence-electron chi connectivity index (χ4n) is 4.35. The van der Waals surface area contributed by atoms with Gasteiger partial charge in [0.25, 0.3) is 0 Å². The molecule has 0 spiro atoms. The lowest BCUT2D eigenvalue weighted by Gasteiger charge is -2.22. The second-order valence-electron chi connectivity index (χ2n) is 9.12. The maximum atomic E-state index is 12.9. The van der Waals surface area contributed by atoms with Crippen LogP contribution < -0.4 is 15.0 Å². The number of likely N-dealkylation sites (N-methyl/N-ethyl adjacent to an activating group) is 1. The van der Waals surface area contributed by atoms with Crippen LogP contribution in [0.4, 0.5) is 5.69 Å². The van der Waals surface area contributed by atoms with Crippen LogP contribution in [0.25, 0.3) is 5.65 Å². The number of amides is 2. The minimum absolute atomic E-state index is 0. The number of fused-ring (bicyclic) bond motifs is 1. The van der Waals surface area contributed by atoms with Crippen LogP contribution in [0.5, 0.6) is 5.75 Å². The van der Waals surface area contributed by atoms with Crippen molar-refractivity contribution in [2.75, 3.05) is 38.1 Å². The summed E-state index contributed by atoms with van der Waals surface area (Å²) < 4.78 is 8.79. The van der Waals surface area contributed by atoms with Gasteiger partial charge >= 0.3 is 0 Å². The molecule has 0 bridgehead atoms. The minimum atomic E-state index is -0.289. The predicted octanol–water partition coefficient (Wildman–Crippen LogP) is 6.09. The molecule has 1 N–H and O–H groups in total. The summed E-state index contributed by atoms with van der Waals surface area (Å²) in [5, 5.41) is 3.47. The van der Waals surface area contributed by atoms with Gasteiger partial charge in [-0.05, 0) is 73.1 Å². The van der Waals surface area contributed by atoms with Gasteiger partial charge in [0.05, 0.1) is 29.5 Å².